The zero-order valence-corrected chi connectivity index (χ0v) is 14.2. The van der Waals surface area contributed by atoms with Gasteiger partial charge in [-0.2, -0.15) is 0 Å². The summed E-state index contributed by atoms with van der Waals surface area (Å²) in [4.78, 5) is 19.4. The lowest BCUT2D eigenvalue weighted by Gasteiger charge is -2.37. The molecule has 0 radical (unpaired) electrons. The Morgan fingerprint density at radius 2 is 2.21 bits per heavy atom. The molecule has 5 heteroatoms. The molecule has 2 aromatic heterocycles. The molecule has 1 aliphatic heterocycles. The van der Waals surface area contributed by atoms with Crippen molar-refractivity contribution in [3.63, 3.8) is 0 Å². The summed E-state index contributed by atoms with van der Waals surface area (Å²) in [5, 5.41) is 0. The fourth-order valence-electron chi connectivity index (χ4n) is 4.20. The number of carbonyl (C=O) groups is 1. The van der Waals surface area contributed by atoms with Crippen LogP contribution < -0.4 is 0 Å². The molecule has 0 aromatic carbocycles. The van der Waals surface area contributed by atoms with E-state index in [0.717, 1.165) is 41.9 Å². The van der Waals surface area contributed by atoms with Crippen molar-refractivity contribution in [2.75, 3.05) is 13.2 Å². The van der Waals surface area contributed by atoms with Gasteiger partial charge in [-0.1, -0.05) is 0 Å². The van der Waals surface area contributed by atoms with Gasteiger partial charge in [-0.3, -0.25) is 9.78 Å². The highest BCUT2D eigenvalue weighted by molar-refractivity contribution is 5.96. The van der Waals surface area contributed by atoms with E-state index in [1.54, 1.807) is 6.20 Å². The monoisotopic (exact) mass is 325 g/mol. The van der Waals surface area contributed by atoms with E-state index in [2.05, 4.69) is 9.55 Å². The quantitative estimate of drug-likeness (QED) is 0.853. The average molecular weight is 325 g/mol. The maximum absolute atomic E-state index is 13.2. The number of hydrogen-bond donors (Lipinski definition) is 0. The molecule has 2 fully saturated rings. The Kier molecular flexibility index (Phi) is 3.88. The summed E-state index contributed by atoms with van der Waals surface area (Å²) in [7, 11) is 0. The van der Waals surface area contributed by atoms with Gasteiger partial charge in [0.15, 0.2) is 0 Å². The predicted molar refractivity (Wildman–Crippen MR) is 91.5 cm³/mol. The van der Waals surface area contributed by atoms with Crippen LogP contribution in [-0.2, 0) is 4.74 Å². The second kappa shape index (κ2) is 6.06. The van der Waals surface area contributed by atoms with E-state index in [1.807, 2.05) is 43.1 Å². The van der Waals surface area contributed by atoms with Crippen LogP contribution in [0.2, 0.25) is 0 Å². The van der Waals surface area contributed by atoms with Gasteiger partial charge in [0.25, 0.3) is 5.91 Å². The highest BCUT2D eigenvalue weighted by Gasteiger charge is 2.39. The standard InChI is InChI=1S/C19H23N3O2/c1-13-11-16(14(2)22(13)15-5-4-8-20-12-15)19(23)21-9-10-24-18-7-3-6-17(18)21/h4-5,8,11-12,17-18H,3,6-7,9-10H2,1-2H3. The molecule has 4 rings (SSSR count). The number of carbonyl (C=O) groups excluding carboxylic acids is 1. The van der Waals surface area contributed by atoms with E-state index >= 15 is 0 Å². The van der Waals surface area contributed by atoms with Gasteiger partial charge in [-0.05, 0) is 51.3 Å². The van der Waals surface area contributed by atoms with Crippen molar-refractivity contribution < 1.29 is 9.53 Å². The van der Waals surface area contributed by atoms with E-state index in [9.17, 15) is 4.79 Å². The molecule has 2 aliphatic rings. The van der Waals surface area contributed by atoms with Crippen LogP contribution in [-0.4, -0.2) is 45.7 Å². The van der Waals surface area contributed by atoms with E-state index in [-0.39, 0.29) is 18.1 Å². The molecule has 0 spiro atoms. The number of ether oxygens (including phenoxy) is 1. The molecule has 2 aromatic rings. The van der Waals surface area contributed by atoms with E-state index in [0.29, 0.717) is 13.2 Å². The maximum atomic E-state index is 13.2. The SMILES string of the molecule is Cc1cc(C(=O)N2CCOC3CCCC32)c(C)n1-c1cccnc1. The Labute approximate surface area is 142 Å². The normalized spacial score (nSPS) is 23.3. The van der Waals surface area contributed by atoms with E-state index in [1.165, 1.54) is 0 Å². The third-order valence-corrected chi connectivity index (χ3v) is 5.31. The van der Waals surface area contributed by atoms with Gasteiger partial charge in [-0.15, -0.1) is 0 Å². The molecule has 2 atom stereocenters. The average Bonchev–Trinajstić information content (AvgIpc) is 3.19. The fraction of sp³-hybridized carbons (Fsp3) is 0.474. The second-order valence-corrected chi connectivity index (χ2v) is 6.74. The van der Waals surface area contributed by atoms with Gasteiger partial charge < -0.3 is 14.2 Å². The second-order valence-electron chi connectivity index (χ2n) is 6.74. The Bertz CT molecular complexity index is 753. The molecule has 1 amide bonds. The van der Waals surface area contributed by atoms with Crippen molar-refractivity contribution in [3.05, 3.63) is 47.5 Å². The molecule has 2 unspecified atom stereocenters. The highest BCUT2D eigenvalue weighted by atomic mass is 16.5. The molecule has 1 saturated heterocycles. The van der Waals surface area contributed by atoms with Gasteiger partial charge in [0.2, 0.25) is 0 Å². The van der Waals surface area contributed by atoms with Gasteiger partial charge in [-0.25, -0.2) is 0 Å². The van der Waals surface area contributed by atoms with E-state index in [4.69, 9.17) is 4.74 Å². The highest BCUT2D eigenvalue weighted by Crippen LogP contribution is 2.31. The minimum atomic E-state index is 0.137. The first-order valence-electron chi connectivity index (χ1n) is 8.68. The number of aromatic nitrogens is 2. The van der Waals surface area contributed by atoms with Gasteiger partial charge in [0.05, 0.1) is 36.2 Å². The molecule has 1 saturated carbocycles. The van der Waals surface area contributed by atoms with Crippen molar-refractivity contribution in [2.45, 2.75) is 45.3 Å². The summed E-state index contributed by atoms with van der Waals surface area (Å²) < 4.78 is 7.94. The minimum Gasteiger partial charge on any atom is -0.374 e. The van der Waals surface area contributed by atoms with Crippen molar-refractivity contribution in [1.82, 2.24) is 14.5 Å². The molecule has 0 bridgehead atoms. The minimum absolute atomic E-state index is 0.137. The number of hydrogen-bond acceptors (Lipinski definition) is 3. The summed E-state index contributed by atoms with van der Waals surface area (Å²) in [6.07, 6.45) is 7.09. The van der Waals surface area contributed by atoms with Crippen LogP contribution in [0.4, 0.5) is 0 Å². The van der Waals surface area contributed by atoms with Gasteiger partial charge in [0.1, 0.15) is 0 Å². The van der Waals surface area contributed by atoms with Crippen molar-refractivity contribution in [3.8, 4) is 5.69 Å². The van der Waals surface area contributed by atoms with Crippen LogP contribution in [0.3, 0.4) is 0 Å². The lowest BCUT2D eigenvalue weighted by Crippen LogP contribution is -2.51. The fourth-order valence-corrected chi connectivity index (χ4v) is 4.20. The zero-order valence-electron chi connectivity index (χ0n) is 14.2. The Hall–Kier alpha value is -2.14. The van der Waals surface area contributed by atoms with Crippen LogP contribution in [0.5, 0.6) is 0 Å². The summed E-state index contributed by atoms with van der Waals surface area (Å²) in [6.45, 7) is 5.39. The molecule has 126 valence electrons. The lowest BCUT2D eigenvalue weighted by molar-refractivity contribution is -0.0445. The molecule has 5 nitrogen and oxygen atoms in total. The Balaban J connectivity index is 1.68. The number of pyridine rings is 1. The molecule has 0 N–H and O–H groups in total. The number of morpholine rings is 1. The first kappa shape index (κ1) is 15.4. The molecule has 3 heterocycles. The van der Waals surface area contributed by atoms with Crippen molar-refractivity contribution in [2.24, 2.45) is 0 Å². The first-order chi connectivity index (χ1) is 11.7. The van der Waals surface area contributed by atoms with Crippen molar-refractivity contribution >= 4 is 5.91 Å². The number of aryl methyl sites for hydroxylation is 1. The van der Waals surface area contributed by atoms with Crippen LogP contribution in [0.1, 0.15) is 41.0 Å². The molecule has 24 heavy (non-hydrogen) atoms. The number of rotatable bonds is 2. The first-order valence-corrected chi connectivity index (χ1v) is 8.68. The van der Waals surface area contributed by atoms with Crippen molar-refractivity contribution in [1.29, 1.82) is 0 Å². The smallest absolute Gasteiger partial charge is 0.256 e. The van der Waals surface area contributed by atoms with Crippen LogP contribution in [0, 0.1) is 13.8 Å². The predicted octanol–water partition coefficient (Wildman–Crippen LogP) is 2.88. The topological polar surface area (TPSA) is 47.4 Å². The molecular formula is C19H23N3O2. The Morgan fingerprint density at radius 3 is 3.00 bits per heavy atom. The third kappa shape index (κ3) is 2.44. The summed E-state index contributed by atoms with van der Waals surface area (Å²) in [6, 6.07) is 6.18. The molecular weight excluding hydrogens is 302 g/mol. The third-order valence-electron chi connectivity index (χ3n) is 5.31. The van der Waals surface area contributed by atoms with Crippen LogP contribution in [0.25, 0.3) is 5.69 Å². The number of nitrogens with zero attached hydrogens (tertiary/aromatic N) is 3. The van der Waals surface area contributed by atoms with Crippen LogP contribution in [0.15, 0.2) is 30.6 Å². The lowest BCUT2D eigenvalue weighted by atomic mass is 10.1. The Morgan fingerprint density at radius 1 is 1.33 bits per heavy atom. The summed E-state index contributed by atoms with van der Waals surface area (Å²) in [5.74, 6) is 0.137. The van der Waals surface area contributed by atoms with Gasteiger partial charge >= 0.3 is 0 Å². The zero-order chi connectivity index (χ0) is 16.7. The number of fused-ring (bicyclic) bond motifs is 1. The van der Waals surface area contributed by atoms with Crippen LogP contribution >= 0.6 is 0 Å². The summed E-state index contributed by atoms with van der Waals surface area (Å²) >= 11 is 0. The summed E-state index contributed by atoms with van der Waals surface area (Å²) in [5.41, 5.74) is 3.82. The maximum Gasteiger partial charge on any atom is 0.256 e. The van der Waals surface area contributed by atoms with Gasteiger partial charge in [0, 0.05) is 24.1 Å². The molecule has 1 aliphatic carbocycles. The largest absolute Gasteiger partial charge is 0.374 e. The van der Waals surface area contributed by atoms with E-state index < -0.39 is 0 Å². The number of amides is 1.